The fourth-order valence-corrected chi connectivity index (χ4v) is 4.57. The summed E-state index contributed by atoms with van der Waals surface area (Å²) in [5, 5.41) is 21.9. The number of aryl methyl sites for hydroxylation is 1. The van der Waals surface area contributed by atoms with Gasteiger partial charge < -0.3 is 29.9 Å². The second kappa shape index (κ2) is 12.6. The van der Waals surface area contributed by atoms with Gasteiger partial charge in [0.1, 0.15) is 0 Å². The Hall–Kier alpha value is -1.54. The van der Waals surface area contributed by atoms with Gasteiger partial charge in [-0.1, -0.05) is 43.3 Å². The van der Waals surface area contributed by atoms with E-state index < -0.39 is 5.79 Å². The van der Waals surface area contributed by atoms with E-state index in [1.807, 2.05) is 0 Å². The van der Waals surface area contributed by atoms with E-state index in [1.54, 1.807) is 0 Å². The molecule has 2 unspecified atom stereocenters. The number of nitrogens with zero attached hydrogens (tertiary/aromatic N) is 1. The molecule has 3 N–H and O–H groups in total. The Morgan fingerprint density at radius 2 is 1.94 bits per heavy atom. The summed E-state index contributed by atoms with van der Waals surface area (Å²) in [5.41, 5.74) is 3.71. The summed E-state index contributed by atoms with van der Waals surface area (Å²) >= 11 is 0. The highest BCUT2D eigenvalue weighted by Gasteiger charge is 2.40. The number of nitrogens with one attached hydrogen (secondary N) is 1. The van der Waals surface area contributed by atoms with E-state index in [0.29, 0.717) is 19.8 Å². The maximum Gasteiger partial charge on any atom is 0.194 e. The number of hydrogen-bond donors (Lipinski definition) is 3. The third kappa shape index (κ3) is 6.73. The summed E-state index contributed by atoms with van der Waals surface area (Å²) in [5.74, 6) is -0.749. The number of ether oxygens (including phenoxy) is 2. The smallest absolute Gasteiger partial charge is 0.194 e. The van der Waals surface area contributed by atoms with Crippen molar-refractivity contribution in [2.45, 2.75) is 45.0 Å². The molecule has 1 heterocycles. The third-order valence-electron chi connectivity index (χ3n) is 6.44. The third-order valence-corrected chi connectivity index (χ3v) is 6.44. The second-order valence-corrected chi connectivity index (χ2v) is 8.86. The van der Waals surface area contributed by atoms with Crippen LogP contribution < -0.4 is 5.32 Å². The van der Waals surface area contributed by atoms with Crippen LogP contribution in [0, 0.1) is 12.8 Å². The summed E-state index contributed by atoms with van der Waals surface area (Å²) in [6.45, 7) is 9.69. The highest BCUT2D eigenvalue weighted by molar-refractivity contribution is 5.73. The highest BCUT2D eigenvalue weighted by Crippen LogP contribution is 2.40. The number of aliphatic hydroxyl groups is 2. The number of benzene rings is 1. The molecule has 3 rings (SSSR count). The van der Waals surface area contributed by atoms with Crippen LogP contribution >= 0.6 is 0 Å². The molecule has 6 nitrogen and oxygen atoms in total. The normalized spacial score (nSPS) is 25.9. The first-order chi connectivity index (χ1) is 15.6. The lowest BCUT2D eigenvalue weighted by Gasteiger charge is -2.40. The van der Waals surface area contributed by atoms with E-state index in [0.717, 1.165) is 45.4 Å². The Bertz CT molecular complexity index is 766. The molecule has 1 aliphatic carbocycles. The molecule has 2 aliphatic rings. The maximum atomic E-state index is 9.74. The molecular weight excluding hydrogens is 404 g/mol. The molecule has 3 atom stereocenters. The Morgan fingerprint density at radius 1 is 1.16 bits per heavy atom. The van der Waals surface area contributed by atoms with Gasteiger partial charge >= 0.3 is 0 Å². The zero-order valence-electron chi connectivity index (χ0n) is 19.6. The van der Waals surface area contributed by atoms with Crippen molar-refractivity contribution in [1.29, 1.82) is 0 Å². The second-order valence-electron chi connectivity index (χ2n) is 8.86. The van der Waals surface area contributed by atoms with Crippen LogP contribution in [-0.2, 0) is 9.47 Å². The Balaban J connectivity index is 1.63. The monoisotopic (exact) mass is 444 g/mol. The fraction of sp³-hybridized carbons (Fsp3) is 0.615. The average Bonchev–Trinajstić information content (AvgIpc) is 3.21. The molecule has 0 amide bonds. The van der Waals surface area contributed by atoms with E-state index in [2.05, 4.69) is 66.6 Å². The van der Waals surface area contributed by atoms with Gasteiger partial charge in [0.05, 0.1) is 25.9 Å². The zero-order chi connectivity index (χ0) is 22.8. The lowest BCUT2D eigenvalue weighted by molar-refractivity contribution is -0.223. The van der Waals surface area contributed by atoms with Gasteiger partial charge in [0.15, 0.2) is 5.79 Å². The molecule has 0 spiro atoms. The molecule has 0 saturated carbocycles. The number of β-amino-alcohol motifs (C(OH)–C–C–N with tert-alkyl or cyclic N) is 1. The lowest BCUT2D eigenvalue weighted by Crippen LogP contribution is -2.43. The topological polar surface area (TPSA) is 74.2 Å². The summed E-state index contributed by atoms with van der Waals surface area (Å²) in [7, 11) is 0. The van der Waals surface area contributed by atoms with Crippen molar-refractivity contribution >= 4 is 5.57 Å². The van der Waals surface area contributed by atoms with Gasteiger partial charge in [-0.3, -0.25) is 0 Å². The van der Waals surface area contributed by atoms with Gasteiger partial charge in [0.25, 0.3) is 0 Å². The van der Waals surface area contributed by atoms with Crippen molar-refractivity contribution in [2.24, 2.45) is 5.92 Å². The number of hydrogen-bond acceptors (Lipinski definition) is 6. The van der Waals surface area contributed by atoms with Gasteiger partial charge in [-0.15, -0.1) is 0 Å². The molecule has 1 aliphatic heterocycles. The van der Waals surface area contributed by atoms with Gasteiger partial charge in [-0.2, -0.15) is 0 Å². The fourth-order valence-electron chi connectivity index (χ4n) is 4.57. The van der Waals surface area contributed by atoms with Crippen LogP contribution in [0.1, 0.15) is 37.3 Å². The average molecular weight is 445 g/mol. The zero-order valence-corrected chi connectivity index (χ0v) is 19.6. The van der Waals surface area contributed by atoms with E-state index in [4.69, 9.17) is 14.6 Å². The van der Waals surface area contributed by atoms with Crippen LogP contribution in [0.15, 0.2) is 42.5 Å². The van der Waals surface area contributed by atoms with E-state index >= 15 is 0 Å². The summed E-state index contributed by atoms with van der Waals surface area (Å²) < 4.78 is 12.9. The SMILES string of the molecule is Cc1ccccc1C1=CC=CC(OCCCNCCO)(OCCCN2CC[C@@H](O)C2)C1C. The molecule has 1 aromatic rings. The summed E-state index contributed by atoms with van der Waals surface area (Å²) in [6, 6.07) is 8.45. The predicted molar refractivity (Wildman–Crippen MR) is 128 cm³/mol. The molecule has 32 heavy (non-hydrogen) atoms. The maximum absolute atomic E-state index is 9.74. The van der Waals surface area contributed by atoms with Gasteiger partial charge in [-0.05, 0) is 55.5 Å². The number of aliphatic hydroxyl groups excluding tert-OH is 2. The Morgan fingerprint density at radius 3 is 2.66 bits per heavy atom. The highest BCUT2D eigenvalue weighted by atomic mass is 16.7. The minimum absolute atomic E-state index is 0.0487. The first-order valence-corrected chi connectivity index (χ1v) is 12.0. The quantitative estimate of drug-likeness (QED) is 0.321. The van der Waals surface area contributed by atoms with Crippen LogP contribution in [-0.4, -0.2) is 79.5 Å². The molecule has 1 saturated heterocycles. The number of likely N-dealkylation sites (tertiary alicyclic amines) is 1. The largest absolute Gasteiger partial charge is 0.395 e. The molecular formula is C26H40N2O4. The minimum Gasteiger partial charge on any atom is -0.395 e. The molecule has 178 valence electrons. The summed E-state index contributed by atoms with van der Waals surface area (Å²) in [6.07, 6.45) is 8.71. The van der Waals surface area contributed by atoms with Crippen molar-refractivity contribution in [1.82, 2.24) is 10.2 Å². The number of rotatable bonds is 13. The first-order valence-electron chi connectivity index (χ1n) is 12.0. The Kier molecular flexibility index (Phi) is 9.91. The van der Waals surface area contributed by atoms with Crippen molar-refractivity contribution in [3.63, 3.8) is 0 Å². The predicted octanol–water partition coefficient (Wildman–Crippen LogP) is 2.74. The van der Waals surface area contributed by atoms with E-state index in [-0.39, 0.29) is 18.6 Å². The molecule has 0 aromatic heterocycles. The van der Waals surface area contributed by atoms with E-state index in [1.165, 1.54) is 16.7 Å². The molecule has 1 fully saturated rings. The van der Waals surface area contributed by atoms with Crippen molar-refractivity contribution in [3.8, 4) is 0 Å². The molecule has 0 bridgehead atoms. The molecule has 1 aromatic carbocycles. The van der Waals surface area contributed by atoms with Crippen LogP contribution in [0.2, 0.25) is 0 Å². The van der Waals surface area contributed by atoms with Crippen LogP contribution in [0.5, 0.6) is 0 Å². The van der Waals surface area contributed by atoms with Crippen LogP contribution in [0.25, 0.3) is 5.57 Å². The van der Waals surface area contributed by atoms with Crippen molar-refractivity contribution < 1.29 is 19.7 Å². The molecule has 6 heteroatoms. The first kappa shape index (κ1) is 25.1. The standard InChI is InChI=1S/C26H40N2O4/c1-21-8-3-4-9-24(21)25-10-5-12-26(22(25)2,31-18-6-13-27-14-17-29)32-19-7-15-28-16-11-23(30)20-28/h3-5,8-10,12,22-23,27,29-30H,6-7,11,13-20H2,1-2H3/t22?,23-,26?/m1/s1. The van der Waals surface area contributed by atoms with Crippen molar-refractivity contribution in [2.75, 3.05) is 52.5 Å². The van der Waals surface area contributed by atoms with Crippen molar-refractivity contribution in [3.05, 3.63) is 53.6 Å². The summed E-state index contributed by atoms with van der Waals surface area (Å²) in [4.78, 5) is 2.30. The Labute approximate surface area is 192 Å². The van der Waals surface area contributed by atoms with Gasteiger partial charge in [0, 0.05) is 32.1 Å². The van der Waals surface area contributed by atoms with E-state index in [9.17, 15) is 5.11 Å². The minimum atomic E-state index is -0.798. The lowest BCUT2D eigenvalue weighted by atomic mass is 9.82. The van der Waals surface area contributed by atoms with Crippen LogP contribution in [0.4, 0.5) is 0 Å². The molecule has 0 radical (unpaired) electrons. The van der Waals surface area contributed by atoms with Gasteiger partial charge in [-0.25, -0.2) is 0 Å². The van der Waals surface area contributed by atoms with Gasteiger partial charge in [0.2, 0.25) is 0 Å². The number of allylic oxidation sites excluding steroid dienone is 2. The van der Waals surface area contributed by atoms with Crippen LogP contribution in [0.3, 0.4) is 0 Å².